The van der Waals surface area contributed by atoms with Gasteiger partial charge in [-0.2, -0.15) is 0 Å². The first-order valence-electron chi connectivity index (χ1n) is 10.2. The molecule has 2 aromatic carbocycles. The van der Waals surface area contributed by atoms with Crippen molar-refractivity contribution in [1.82, 2.24) is 10.2 Å². The number of carbonyl (C=O) groups excluding carboxylic acids is 2. The number of nitrogens with one attached hydrogen (secondary N) is 1. The molecule has 152 valence electrons. The number of amides is 2. The van der Waals surface area contributed by atoms with Gasteiger partial charge < -0.3 is 15.0 Å². The Hall–Kier alpha value is -2.89. The highest BCUT2D eigenvalue weighted by atomic mass is 19.1. The van der Waals surface area contributed by atoms with Crippen molar-refractivity contribution < 1.29 is 18.7 Å². The second-order valence-electron chi connectivity index (χ2n) is 7.69. The molecule has 2 aliphatic rings. The number of fused-ring (bicyclic) bond motifs is 1. The van der Waals surface area contributed by atoms with Crippen molar-refractivity contribution >= 4 is 11.8 Å². The van der Waals surface area contributed by atoms with E-state index in [4.69, 9.17) is 4.74 Å². The summed E-state index contributed by atoms with van der Waals surface area (Å²) in [5.41, 5.74) is 2.78. The number of hydrogen-bond donors (Lipinski definition) is 1. The zero-order valence-electron chi connectivity index (χ0n) is 16.3. The number of likely N-dealkylation sites (tertiary alicyclic amines) is 1. The topological polar surface area (TPSA) is 58.6 Å². The van der Waals surface area contributed by atoms with Crippen LogP contribution in [0.3, 0.4) is 0 Å². The Bertz CT molecular complexity index is 907. The molecule has 0 aromatic heterocycles. The van der Waals surface area contributed by atoms with Crippen LogP contribution in [0, 0.1) is 5.82 Å². The van der Waals surface area contributed by atoms with Gasteiger partial charge in [-0.1, -0.05) is 18.2 Å². The van der Waals surface area contributed by atoms with E-state index in [-0.39, 0.29) is 30.0 Å². The minimum absolute atomic E-state index is 0.00390. The summed E-state index contributed by atoms with van der Waals surface area (Å²) in [6, 6.07) is 12.0. The van der Waals surface area contributed by atoms with E-state index in [1.807, 2.05) is 12.1 Å². The molecule has 4 rings (SSSR count). The summed E-state index contributed by atoms with van der Waals surface area (Å²) in [6.07, 6.45) is 4.66. The number of benzene rings is 2. The van der Waals surface area contributed by atoms with Crippen molar-refractivity contribution in [2.24, 2.45) is 0 Å². The summed E-state index contributed by atoms with van der Waals surface area (Å²) in [5.74, 6) is -0.236. The monoisotopic (exact) mass is 396 g/mol. The Morgan fingerprint density at radius 1 is 1.07 bits per heavy atom. The minimum Gasteiger partial charge on any atom is -0.484 e. The fraction of sp³-hybridized carbons (Fsp3) is 0.391. The number of rotatable bonds is 5. The van der Waals surface area contributed by atoms with Gasteiger partial charge in [0.15, 0.2) is 6.61 Å². The minimum atomic E-state index is -0.503. The van der Waals surface area contributed by atoms with Crippen LogP contribution in [0.25, 0.3) is 0 Å². The molecule has 1 aliphatic heterocycles. The number of ether oxygens (including phenoxy) is 1. The molecular weight excluding hydrogens is 371 g/mol. The molecule has 1 N–H and O–H groups in total. The van der Waals surface area contributed by atoms with Crippen LogP contribution < -0.4 is 10.1 Å². The number of halogens is 1. The van der Waals surface area contributed by atoms with E-state index in [1.54, 1.807) is 17.0 Å². The smallest absolute Gasteiger partial charge is 0.258 e. The highest BCUT2D eigenvalue weighted by Gasteiger charge is 2.26. The molecule has 0 spiro atoms. The van der Waals surface area contributed by atoms with Crippen LogP contribution in [0.5, 0.6) is 5.75 Å². The Kier molecular flexibility index (Phi) is 5.79. The van der Waals surface area contributed by atoms with E-state index in [9.17, 15) is 14.0 Å². The van der Waals surface area contributed by atoms with Crippen molar-refractivity contribution in [3.8, 4) is 5.75 Å². The van der Waals surface area contributed by atoms with Gasteiger partial charge in [-0.15, -0.1) is 0 Å². The van der Waals surface area contributed by atoms with Crippen LogP contribution in [-0.2, 0) is 17.6 Å². The predicted molar refractivity (Wildman–Crippen MR) is 107 cm³/mol. The second-order valence-corrected chi connectivity index (χ2v) is 7.69. The van der Waals surface area contributed by atoms with Crippen LogP contribution in [0.4, 0.5) is 4.39 Å². The van der Waals surface area contributed by atoms with Crippen molar-refractivity contribution in [3.63, 3.8) is 0 Å². The molecule has 0 atom stereocenters. The molecule has 2 aromatic rings. The molecule has 1 heterocycles. The fourth-order valence-corrected chi connectivity index (χ4v) is 4.09. The van der Waals surface area contributed by atoms with Gasteiger partial charge in [-0.25, -0.2) is 4.39 Å². The maximum Gasteiger partial charge on any atom is 0.258 e. The van der Waals surface area contributed by atoms with Gasteiger partial charge in [0.1, 0.15) is 11.6 Å². The summed E-state index contributed by atoms with van der Waals surface area (Å²) in [6.45, 7) is 0.959. The van der Waals surface area contributed by atoms with E-state index in [1.165, 1.54) is 29.7 Å². The molecule has 1 aliphatic carbocycles. The van der Waals surface area contributed by atoms with Crippen LogP contribution in [-0.4, -0.2) is 42.5 Å². The van der Waals surface area contributed by atoms with Gasteiger partial charge in [-0.3, -0.25) is 9.59 Å². The number of aryl methyl sites for hydroxylation is 2. The Balaban J connectivity index is 1.23. The lowest BCUT2D eigenvalue weighted by Crippen LogP contribution is -2.47. The fourth-order valence-electron chi connectivity index (χ4n) is 4.09. The van der Waals surface area contributed by atoms with E-state index >= 15 is 0 Å². The molecule has 1 saturated heterocycles. The Labute approximate surface area is 169 Å². The van der Waals surface area contributed by atoms with Crippen molar-refractivity contribution in [1.29, 1.82) is 0 Å². The Morgan fingerprint density at radius 2 is 1.83 bits per heavy atom. The quantitative estimate of drug-likeness (QED) is 0.845. The first-order valence-corrected chi connectivity index (χ1v) is 10.2. The molecule has 6 heteroatoms. The summed E-state index contributed by atoms with van der Waals surface area (Å²) < 4.78 is 19.5. The van der Waals surface area contributed by atoms with Crippen molar-refractivity contribution in [3.05, 3.63) is 65.0 Å². The van der Waals surface area contributed by atoms with Crippen molar-refractivity contribution in [2.45, 2.75) is 38.1 Å². The molecule has 0 radical (unpaired) electrons. The van der Waals surface area contributed by atoms with E-state index in [0.29, 0.717) is 25.9 Å². The maximum atomic E-state index is 13.8. The molecule has 29 heavy (non-hydrogen) atoms. The molecule has 0 saturated carbocycles. The second kappa shape index (κ2) is 8.64. The lowest BCUT2D eigenvalue weighted by Gasteiger charge is -2.32. The molecular formula is C23H25FN2O3. The molecule has 5 nitrogen and oxygen atoms in total. The molecule has 0 unspecified atom stereocenters. The summed E-state index contributed by atoms with van der Waals surface area (Å²) in [4.78, 5) is 26.3. The lowest BCUT2D eigenvalue weighted by molar-refractivity contribution is -0.124. The number of nitrogens with zero attached hydrogens (tertiary/aromatic N) is 1. The van der Waals surface area contributed by atoms with Crippen LogP contribution in [0.15, 0.2) is 42.5 Å². The summed E-state index contributed by atoms with van der Waals surface area (Å²) in [7, 11) is 0. The molecule has 2 amide bonds. The van der Waals surface area contributed by atoms with Gasteiger partial charge in [0, 0.05) is 19.1 Å². The third-order valence-corrected chi connectivity index (χ3v) is 5.69. The predicted octanol–water partition coefficient (Wildman–Crippen LogP) is 3.11. The largest absolute Gasteiger partial charge is 0.484 e. The number of hydrogen-bond acceptors (Lipinski definition) is 3. The SMILES string of the molecule is O=C(COc1ccc2c(c1)CCC2)NC1CCN(C(=O)c2ccccc2F)CC1. The van der Waals surface area contributed by atoms with Gasteiger partial charge in [-0.05, 0) is 67.5 Å². The highest BCUT2D eigenvalue weighted by molar-refractivity contribution is 5.94. The van der Waals surface area contributed by atoms with Gasteiger partial charge in [0.05, 0.1) is 5.56 Å². The summed E-state index contributed by atoms with van der Waals surface area (Å²) >= 11 is 0. The lowest BCUT2D eigenvalue weighted by atomic mass is 10.0. The highest BCUT2D eigenvalue weighted by Crippen LogP contribution is 2.26. The van der Waals surface area contributed by atoms with Crippen LogP contribution in [0.2, 0.25) is 0 Å². The van der Waals surface area contributed by atoms with Crippen LogP contribution >= 0.6 is 0 Å². The van der Waals surface area contributed by atoms with Crippen LogP contribution in [0.1, 0.15) is 40.7 Å². The van der Waals surface area contributed by atoms with Crippen molar-refractivity contribution in [2.75, 3.05) is 19.7 Å². The number of carbonyl (C=O) groups is 2. The zero-order valence-corrected chi connectivity index (χ0v) is 16.3. The third-order valence-electron chi connectivity index (χ3n) is 5.69. The van der Waals surface area contributed by atoms with E-state index < -0.39 is 5.82 Å². The number of piperidine rings is 1. The van der Waals surface area contributed by atoms with E-state index in [2.05, 4.69) is 11.4 Å². The molecule has 0 bridgehead atoms. The average molecular weight is 396 g/mol. The normalized spacial score (nSPS) is 16.4. The zero-order chi connectivity index (χ0) is 20.2. The summed E-state index contributed by atoms with van der Waals surface area (Å²) in [5, 5.41) is 2.98. The van der Waals surface area contributed by atoms with Gasteiger partial charge >= 0.3 is 0 Å². The third kappa shape index (κ3) is 4.58. The van der Waals surface area contributed by atoms with Gasteiger partial charge in [0.25, 0.3) is 11.8 Å². The molecule has 1 fully saturated rings. The van der Waals surface area contributed by atoms with E-state index in [0.717, 1.165) is 18.6 Å². The average Bonchev–Trinajstić information content (AvgIpc) is 3.21. The first kappa shape index (κ1) is 19.4. The maximum absolute atomic E-state index is 13.8. The first-order chi connectivity index (χ1) is 14.1. The Morgan fingerprint density at radius 3 is 2.62 bits per heavy atom. The standard InChI is InChI=1S/C23H25FN2O3/c24-21-7-2-1-6-20(21)23(28)26-12-10-18(11-13-26)25-22(27)15-29-19-9-8-16-4-3-5-17(16)14-19/h1-2,6-9,14,18H,3-5,10-13,15H2,(H,25,27). The van der Waals surface area contributed by atoms with Gasteiger partial charge in [0.2, 0.25) is 0 Å².